The van der Waals surface area contributed by atoms with Gasteiger partial charge >= 0.3 is 0 Å². The van der Waals surface area contributed by atoms with Crippen LogP contribution in [-0.4, -0.2) is 27.6 Å². The van der Waals surface area contributed by atoms with E-state index in [9.17, 15) is 15.2 Å². The van der Waals surface area contributed by atoms with Gasteiger partial charge in [-0.1, -0.05) is 43.2 Å². The Balaban J connectivity index is 1.78. The summed E-state index contributed by atoms with van der Waals surface area (Å²) in [4.78, 5) is 16.9. The van der Waals surface area contributed by atoms with Gasteiger partial charge in [-0.25, -0.2) is 4.98 Å². The first-order valence-electron chi connectivity index (χ1n) is 8.75. The minimum absolute atomic E-state index is 0.000516. The van der Waals surface area contributed by atoms with Gasteiger partial charge in [0.05, 0.1) is 11.0 Å². The van der Waals surface area contributed by atoms with Gasteiger partial charge in [0.1, 0.15) is 12.0 Å². The highest BCUT2D eigenvalue weighted by molar-refractivity contribution is 5.44. The molecule has 0 bridgehead atoms. The number of rotatable bonds is 5. The summed E-state index contributed by atoms with van der Waals surface area (Å²) in [7, 11) is 0. The van der Waals surface area contributed by atoms with Crippen LogP contribution >= 0.6 is 0 Å². The highest BCUT2D eigenvalue weighted by atomic mass is 16.6. The van der Waals surface area contributed by atoms with Crippen molar-refractivity contribution < 1.29 is 10.0 Å². The van der Waals surface area contributed by atoms with Crippen LogP contribution in [-0.2, 0) is 0 Å². The third kappa shape index (κ3) is 4.33. The molecule has 0 spiro atoms. The minimum atomic E-state index is -0.523. The van der Waals surface area contributed by atoms with E-state index in [2.05, 4.69) is 9.88 Å². The number of hydrogen-bond acceptors (Lipinski definition) is 5. The van der Waals surface area contributed by atoms with Crippen LogP contribution in [0.25, 0.3) is 0 Å². The molecule has 2 atom stereocenters. The summed E-state index contributed by atoms with van der Waals surface area (Å²) >= 11 is 0. The molecular weight excluding hydrogens is 318 g/mol. The lowest BCUT2D eigenvalue weighted by Crippen LogP contribution is -2.36. The first kappa shape index (κ1) is 17.4. The average Bonchev–Trinajstić information content (AvgIpc) is 2.88. The average molecular weight is 341 g/mol. The zero-order chi connectivity index (χ0) is 17.6. The summed E-state index contributed by atoms with van der Waals surface area (Å²) in [6.45, 7) is 0.858. The number of nitrogens with zero attached hydrogens (tertiary/aromatic N) is 3. The van der Waals surface area contributed by atoms with Crippen molar-refractivity contribution in [3.05, 3.63) is 64.3 Å². The number of aromatic nitrogens is 1. The molecule has 6 nitrogen and oxygen atoms in total. The number of hydrogen-bond donors (Lipinski definition) is 1. The molecule has 0 radical (unpaired) electrons. The zero-order valence-corrected chi connectivity index (χ0v) is 14.1. The van der Waals surface area contributed by atoms with E-state index in [1.807, 2.05) is 30.3 Å². The van der Waals surface area contributed by atoms with Crippen molar-refractivity contribution in [2.75, 3.05) is 11.4 Å². The maximum absolute atomic E-state index is 10.8. The Kier molecular flexibility index (Phi) is 5.60. The fourth-order valence-electron chi connectivity index (χ4n) is 3.45. The molecule has 25 heavy (non-hydrogen) atoms. The second-order valence-corrected chi connectivity index (χ2v) is 6.49. The van der Waals surface area contributed by atoms with Crippen molar-refractivity contribution in [2.45, 2.75) is 44.2 Å². The van der Waals surface area contributed by atoms with E-state index in [1.165, 1.54) is 12.3 Å². The Labute approximate surface area is 147 Å². The lowest BCUT2D eigenvalue weighted by atomic mass is 9.98. The van der Waals surface area contributed by atoms with Gasteiger partial charge in [-0.15, -0.1) is 0 Å². The summed E-state index contributed by atoms with van der Waals surface area (Å²) < 4.78 is 0. The van der Waals surface area contributed by atoms with Crippen molar-refractivity contribution >= 4 is 11.5 Å². The van der Waals surface area contributed by atoms with E-state index in [0.717, 1.165) is 43.6 Å². The molecule has 6 heteroatoms. The molecule has 1 aliphatic rings. The molecule has 1 aromatic carbocycles. The first-order chi connectivity index (χ1) is 12.1. The third-order valence-electron chi connectivity index (χ3n) is 4.79. The quantitative estimate of drug-likeness (QED) is 0.660. The lowest BCUT2D eigenvalue weighted by molar-refractivity contribution is -0.385. The predicted molar refractivity (Wildman–Crippen MR) is 96.5 cm³/mol. The Hall–Kier alpha value is -2.47. The van der Waals surface area contributed by atoms with Gasteiger partial charge in [0.15, 0.2) is 0 Å². The Morgan fingerprint density at radius 3 is 2.68 bits per heavy atom. The van der Waals surface area contributed by atoms with E-state index < -0.39 is 11.0 Å². The van der Waals surface area contributed by atoms with Gasteiger partial charge in [-0.3, -0.25) is 10.1 Å². The van der Waals surface area contributed by atoms with Crippen molar-refractivity contribution in [1.29, 1.82) is 0 Å². The Bertz CT molecular complexity index is 691. The van der Waals surface area contributed by atoms with Crippen LogP contribution < -0.4 is 4.90 Å². The highest BCUT2D eigenvalue weighted by Gasteiger charge is 2.25. The van der Waals surface area contributed by atoms with Gasteiger partial charge in [0, 0.05) is 18.7 Å². The molecule has 2 heterocycles. The monoisotopic (exact) mass is 341 g/mol. The van der Waals surface area contributed by atoms with Gasteiger partial charge in [0.2, 0.25) is 0 Å². The minimum Gasteiger partial charge on any atom is -0.388 e. The summed E-state index contributed by atoms with van der Waals surface area (Å²) in [6.07, 6.45) is 5.74. The molecule has 3 rings (SSSR count). The van der Waals surface area contributed by atoms with E-state index in [4.69, 9.17) is 0 Å². The Morgan fingerprint density at radius 2 is 2.00 bits per heavy atom. The topological polar surface area (TPSA) is 79.5 Å². The summed E-state index contributed by atoms with van der Waals surface area (Å²) in [5.74, 6) is 0.748. The van der Waals surface area contributed by atoms with Crippen LogP contribution in [0.5, 0.6) is 0 Å². The smallest absolute Gasteiger partial charge is 0.287 e. The molecule has 1 fully saturated rings. The lowest BCUT2D eigenvalue weighted by Gasteiger charge is -2.32. The molecule has 1 saturated heterocycles. The highest BCUT2D eigenvalue weighted by Crippen LogP contribution is 2.29. The van der Waals surface area contributed by atoms with Crippen LogP contribution in [0.3, 0.4) is 0 Å². The molecule has 2 aromatic rings. The predicted octanol–water partition coefficient (Wildman–Crippen LogP) is 3.86. The maximum Gasteiger partial charge on any atom is 0.287 e. The van der Waals surface area contributed by atoms with E-state index in [0.29, 0.717) is 6.42 Å². The number of benzene rings is 1. The molecule has 1 aliphatic heterocycles. The van der Waals surface area contributed by atoms with Gasteiger partial charge in [0.25, 0.3) is 5.69 Å². The van der Waals surface area contributed by atoms with Gasteiger partial charge < -0.3 is 10.0 Å². The largest absolute Gasteiger partial charge is 0.388 e. The van der Waals surface area contributed by atoms with E-state index in [-0.39, 0.29) is 11.7 Å². The second kappa shape index (κ2) is 8.07. The molecule has 0 aliphatic carbocycles. The van der Waals surface area contributed by atoms with Gasteiger partial charge in [-0.05, 0) is 30.9 Å². The Morgan fingerprint density at radius 1 is 1.20 bits per heavy atom. The molecule has 132 valence electrons. The van der Waals surface area contributed by atoms with Crippen LogP contribution in [0.4, 0.5) is 11.5 Å². The summed E-state index contributed by atoms with van der Waals surface area (Å²) in [5.41, 5.74) is 0.919. The van der Waals surface area contributed by atoms with Crippen molar-refractivity contribution in [1.82, 2.24) is 4.98 Å². The normalized spacial score (nSPS) is 19.2. The van der Waals surface area contributed by atoms with Crippen LogP contribution in [0.15, 0.2) is 48.7 Å². The van der Waals surface area contributed by atoms with Crippen molar-refractivity contribution in [3.63, 3.8) is 0 Å². The molecule has 1 aromatic heterocycles. The zero-order valence-electron chi connectivity index (χ0n) is 14.1. The fraction of sp³-hybridized carbons (Fsp3) is 0.421. The van der Waals surface area contributed by atoms with E-state index in [1.54, 1.807) is 6.07 Å². The summed E-state index contributed by atoms with van der Waals surface area (Å²) in [5, 5.41) is 21.4. The first-order valence-corrected chi connectivity index (χ1v) is 8.75. The maximum atomic E-state index is 10.8. The number of aliphatic hydroxyl groups excluding tert-OH is 1. The van der Waals surface area contributed by atoms with Crippen molar-refractivity contribution in [2.24, 2.45) is 0 Å². The number of pyridine rings is 1. The molecule has 0 amide bonds. The standard InChI is InChI=1S/C19H23N3O3/c23-18(15-7-3-1-4-8-15)13-16-9-5-2-6-12-21(16)19-11-10-17(14-20-19)22(24)25/h1,3-4,7-8,10-11,14,16,18,23H,2,5-6,9,12-13H2/t16-,18+/m0/s1. The van der Waals surface area contributed by atoms with Crippen LogP contribution in [0, 0.1) is 10.1 Å². The molecule has 0 unspecified atom stereocenters. The van der Waals surface area contributed by atoms with Gasteiger partial charge in [-0.2, -0.15) is 0 Å². The number of nitro groups is 1. The molecular formula is C19H23N3O3. The van der Waals surface area contributed by atoms with E-state index >= 15 is 0 Å². The van der Waals surface area contributed by atoms with Crippen molar-refractivity contribution in [3.8, 4) is 0 Å². The molecule has 0 saturated carbocycles. The second-order valence-electron chi connectivity index (χ2n) is 6.49. The summed E-state index contributed by atoms with van der Waals surface area (Å²) in [6, 6.07) is 13.1. The third-order valence-corrected chi connectivity index (χ3v) is 4.79. The number of aliphatic hydroxyl groups is 1. The fourth-order valence-corrected chi connectivity index (χ4v) is 3.45. The van der Waals surface area contributed by atoms with Crippen LogP contribution in [0.1, 0.15) is 43.8 Å². The number of anilines is 1. The SMILES string of the molecule is O=[N+]([O-])c1ccc(N2CCCCC[C@H]2C[C@@H](O)c2ccccc2)nc1. The molecule has 1 N–H and O–H groups in total. The van der Waals surface area contributed by atoms with Crippen LogP contribution in [0.2, 0.25) is 0 Å².